The van der Waals surface area contributed by atoms with E-state index in [0.717, 1.165) is 5.56 Å². The molecule has 0 spiro atoms. The van der Waals surface area contributed by atoms with Gasteiger partial charge in [0.05, 0.1) is 0 Å². The first-order valence-corrected chi connectivity index (χ1v) is 7.78. The molecular formula is C12H9BrClNO3S. The summed E-state index contributed by atoms with van der Waals surface area (Å²) in [5.74, 6) is -0.148. The second kappa shape index (κ2) is 5.48. The van der Waals surface area contributed by atoms with Gasteiger partial charge in [0.2, 0.25) is 0 Å². The van der Waals surface area contributed by atoms with E-state index in [-0.39, 0.29) is 15.8 Å². The second-order valence-corrected chi connectivity index (χ2v) is 6.66. The molecule has 0 atom stereocenters. The summed E-state index contributed by atoms with van der Waals surface area (Å²) < 4.78 is 29.6. The fourth-order valence-electron chi connectivity index (χ4n) is 1.32. The molecule has 0 aliphatic heterocycles. The predicted molar refractivity (Wildman–Crippen MR) is 75.9 cm³/mol. The van der Waals surface area contributed by atoms with Crippen molar-refractivity contribution in [2.24, 2.45) is 0 Å². The van der Waals surface area contributed by atoms with E-state index >= 15 is 0 Å². The molecule has 7 heteroatoms. The summed E-state index contributed by atoms with van der Waals surface area (Å²) in [4.78, 5) is 3.88. The van der Waals surface area contributed by atoms with Crippen molar-refractivity contribution < 1.29 is 12.6 Å². The van der Waals surface area contributed by atoms with Gasteiger partial charge in [-0.25, -0.2) is 4.98 Å². The number of aryl methyl sites for hydroxylation is 1. The van der Waals surface area contributed by atoms with Crippen LogP contribution in [0, 0.1) is 6.92 Å². The van der Waals surface area contributed by atoms with Crippen LogP contribution in [-0.2, 0) is 10.1 Å². The first-order chi connectivity index (χ1) is 8.88. The van der Waals surface area contributed by atoms with Gasteiger partial charge in [-0.3, -0.25) is 0 Å². The van der Waals surface area contributed by atoms with Gasteiger partial charge in [-0.05, 0) is 41.1 Å². The Bertz CT molecular complexity index is 701. The Morgan fingerprint density at radius 3 is 2.47 bits per heavy atom. The summed E-state index contributed by atoms with van der Waals surface area (Å²) >= 11 is 9.04. The highest BCUT2D eigenvalue weighted by Gasteiger charge is 2.19. The Morgan fingerprint density at radius 1 is 1.26 bits per heavy atom. The third-order valence-electron chi connectivity index (χ3n) is 2.27. The van der Waals surface area contributed by atoms with Gasteiger partial charge < -0.3 is 4.18 Å². The minimum Gasteiger partial charge on any atom is -0.357 e. The smallest absolute Gasteiger partial charge is 0.340 e. The number of pyridine rings is 1. The van der Waals surface area contributed by atoms with Crippen LogP contribution < -0.4 is 4.18 Å². The van der Waals surface area contributed by atoms with Gasteiger partial charge in [-0.1, -0.05) is 29.3 Å². The van der Waals surface area contributed by atoms with Gasteiger partial charge in [-0.2, -0.15) is 8.42 Å². The maximum atomic E-state index is 12.0. The van der Waals surface area contributed by atoms with E-state index in [1.54, 1.807) is 12.1 Å². The summed E-state index contributed by atoms with van der Waals surface area (Å²) in [5, 5.41) is 0.116. The molecule has 0 amide bonds. The number of benzene rings is 1. The molecule has 0 radical (unpaired) electrons. The number of nitrogens with zero attached hydrogens (tertiary/aromatic N) is 1. The quantitative estimate of drug-likeness (QED) is 0.783. The van der Waals surface area contributed by atoms with Gasteiger partial charge in [0, 0.05) is 10.7 Å². The van der Waals surface area contributed by atoms with Crippen LogP contribution in [0.15, 0.2) is 45.9 Å². The summed E-state index contributed by atoms with van der Waals surface area (Å²) in [5.41, 5.74) is 0.957. The van der Waals surface area contributed by atoms with E-state index < -0.39 is 10.1 Å². The van der Waals surface area contributed by atoms with Gasteiger partial charge in [0.25, 0.3) is 5.88 Å². The lowest BCUT2D eigenvalue weighted by atomic mass is 10.2. The molecule has 1 aromatic heterocycles. The summed E-state index contributed by atoms with van der Waals surface area (Å²) in [6, 6.07) is 7.82. The number of aromatic nitrogens is 1. The molecule has 0 fully saturated rings. The zero-order valence-corrected chi connectivity index (χ0v) is 13.0. The Hall–Kier alpha value is -1.11. The molecule has 0 unspecified atom stereocenters. The highest BCUT2D eigenvalue weighted by Crippen LogP contribution is 2.27. The van der Waals surface area contributed by atoms with Gasteiger partial charge >= 0.3 is 10.1 Å². The fraction of sp³-hybridized carbons (Fsp3) is 0.0833. The third-order valence-corrected chi connectivity index (χ3v) is 4.20. The van der Waals surface area contributed by atoms with Crippen molar-refractivity contribution in [3.63, 3.8) is 0 Å². The van der Waals surface area contributed by atoms with Gasteiger partial charge in [0.15, 0.2) is 0 Å². The molecule has 1 heterocycles. The van der Waals surface area contributed by atoms with Crippen molar-refractivity contribution in [1.82, 2.24) is 4.98 Å². The number of rotatable bonds is 3. The van der Waals surface area contributed by atoms with E-state index in [1.165, 1.54) is 24.4 Å². The Balaban J connectivity index is 2.33. The van der Waals surface area contributed by atoms with Crippen molar-refractivity contribution >= 4 is 37.6 Å². The van der Waals surface area contributed by atoms with Crippen LogP contribution in [-0.4, -0.2) is 13.4 Å². The minimum absolute atomic E-state index is 0.0545. The molecular weight excluding hydrogens is 354 g/mol. The first-order valence-electron chi connectivity index (χ1n) is 5.21. The molecule has 2 rings (SSSR count). The average Bonchev–Trinajstić information content (AvgIpc) is 2.33. The zero-order valence-electron chi connectivity index (χ0n) is 9.80. The summed E-state index contributed by atoms with van der Waals surface area (Å²) in [6.07, 6.45) is 1.41. The molecule has 1 aromatic carbocycles. The number of hydrogen-bond acceptors (Lipinski definition) is 4. The third kappa shape index (κ3) is 3.46. The minimum atomic E-state index is -3.93. The molecule has 0 saturated carbocycles. The molecule has 100 valence electrons. The lowest BCUT2D eigenvalue weighted by Crippen LogP contribution is -2.10. The Kier molecular flexibility index (Phi) is 4.13. The van der Waals surface area contributed by atoms with Crippen molar-refractivity contribution in [3.05, 3.63) is 51.6 Å². The maximum Gasteiger partial charge on any atom is 0.340 e. The standard InChI is InChI=1S/C12H9BrClNO3S/c1-8-2-4-10(5-3-8)19(16,17)18-12-11(14)6-9(13)7-15-12/h2-7H,1H3. The molecule has 0 aliphatic rings. The Labute approximate surface area is 124 Å². The summed E-state index contributed by atoms with van der Waals surface area (Å²) in [6.45, 7) is 1.87. The van der Waals surface area contributed by atoms with E-state index in [9.17, 15) is 8.42 Å². The highest BCUT2D eigenvalue weighted by atomic mass is 79.9. The van der Waals surface area contributed by atoms with Crippen LogP contribution in [0.5, 0.6) is 5.88 Å². The van der Waals surface area contributed by atoms with E-state index in [2.05, 4.69) is 20.9 Å². The molecule has 2 aromatic rings. The van der Waals surface area contributed by atoms with Crippen molar-refractivity contribution in [1.29, 1.82) is 0 Å². The van der Waals surface area contributed by atoms with Gasteiger partial charge in [-0.15, -0.1) is 0 Å². The molecule has 19 heavy (non-hydrogen) atoms. The molecule has 0 bridgehead atoms. The molecule has 4 nitrogen and oxygen atoms in total. The van der Waals surface area contributed by atoms with Crippen LogP contribution in [0.2, 0.25) is 5.02 Å². The first kappa shape index (κ1) is 14.3. The van der Waals surface area contributed by atoms with Gasteiger partial charge in [0.1, 0.15) is 9.92 Å². The van der Waals surface area contributed by atoms with Crippen LogP contribution in [0.1, 0.15) is 5.56 Å². The second-order valence-electron chi connectivity index (χ2n) is 3.79. The SMILES string of the molecule is Cc1ccc(S(=O)(=O)Oc2ncc(Br)cc2Cl)cc1. The number of halogens is 2. The predicted octanol–water partition coefficient (Wildman–Crippen LogP) is 3.57. The molecule has 0 aliphatic carbocycles. The lowest BCUT2D eigenvalue weighted by molar-refractivity contribution is 0.476. The highest BCUT2D eigenvalue weighted by molar-refractivity contribution is 9.10. The van der Waals surface area contributed by atoms with Crippen LogP contribution in [0.3, 0.4) is 0 Å². The fourth-order valence-corrected chi connectivity index (χ4v) is 2.94. The topological polar surface area (TPSA) is 56.3 Å². The van der Waals surface area contributed by atoms with Crippen LogP contribution >= 0.6 is 27.5 Å². The van der Waals surface area contributed by atoms with E-state index in [1.807, 2.05) is 6.92 Å². The normalized spacial score (nSPS) is 11.3. The number of hydrogen-bond donors (Lipinski definition) is 0. The molecule has 0 saturated heterocycles. The van der Waals surface area contributed by atoms with Crippen molar-refractivity contribution in [3.8, 4) is 5.88 Å². The van der Waals surface area contributed by atoms with E-state index in [4.69, 9.17) is 15.8 Å². The maximum absolute atomic E-state index is 12.0. The van der Waals surface area contributed by atoms with Crippen LogP contribution in [0.4, 0.5) is 0 Å². The average molecular weight is 363 g/mol. The monoisotopic (exact) mass is 361 g/mol. The zero-order chi connectivity index (χ0) is 14.0. The van der Waals surface area contributed by atoms with E-state index in [0.29, 0.717) is 4.47 Å². The van der Waals surface area contributed by atoms with Crippen molar-refractivity contribution in [2.45, 2.75) is 11.8 Å². The van der Waals surface area contributed by atoms with Crippen molar-refractivity contribution in [2.75, 3.05) is 0 Å². The van der Waals surface area contributed by atoms with Crippen LogP contribution in [0.25, 0.3) is 0 Å². The Morgan fingerprint density at radius 2 is 1.89 bits per heavy atom. The lowest BCUT2D eigenvalue weighted by Gasteiger charge is -2.07. The largest absolute Gasteiger partial charge is 0.357 e. The summed E-state index contributed by atoms with van der Waals surface area (Å²) in [7, 11) is -3.93. The molecule has 0 N–H and O–H groups in total.